The average molecular weight is 383 g/mol. The second-order valence-corrected chi connectivity index (χ2v) is 7.39. The highest BCUT2D eigenvalue weighted by Crippen LogP contribution is 2.39. The van der Waals surface area contributed by atoms with E-state index < -0.39 is 18.4 Å². The van der Waals surface area contributed by atoms with Gasteiger partial charge in [0, 0.05) is 11.1 Å². The number of hydrogen-bond donors (Lipinski definition) is 1. The number of rotatable bonds is 5. The number of fused-ring (bicyclic) bond motifs is 1. The molecular formula is C17H19F2N3O3S. The molecule has 2 heterocycles. The van der Waals surface area contributed by atoms with Crippen LogP contribution < -0.4 is 5.32 Å². The van der Waals surface area contributed by atoms with Gasteiger partial charge in [0.05, 0.1) is 11.7 Å². The van der Waals surface area contributed by atoms with E-state index in [4.69, 9.17) is 4.74 Å². The smallest absolute Gasteiger partial charge is 0.341 e. The number of aryl methyl sites for hydroxylation is 1. The van der Waals surface area contributed by atoms with Gasteiger partial charge in [0.15, 0.2) is 5.69 Å². The second-order valence-electron chi connectivity index (χ2n) is 6.28. The molecule has 0 radical (unpaired) electrons. The van der Waals surface area contributed by atoms with Crippen molar-refractivity contribution in [2.75, 3.05) is 5.32 Å². The molecular weight excluding hydrogens is 364 g/mol. The highest BCUT2D eigenvalue weighted by atomic mass is 32.1. The number of carbonyl (C=O) groups is 2. The molecule has 140 valence electrons. The van der Waals surface area contributed by atoms with Crippen LogP contribution >= 0.6 is 11.3 Å². The normalized spacial score (nSPS) is 13.8. The predicted molar refractivity (Wildman–Crippen MR) is 92.9 cm³/mol. The van der Waals surface area contributed by atoms with Crippen molar-refractivity contribution in [1.29, 1.82) is 0 Å². The van der Waals surface area contributed by atoms with Crippen molar-refractivity contribution in [2.24, 2.45) is 0 Å². The monoisotopic (exact) mass is 383 g/mol. The molecule has 0 bridgehead atoms. The SMILES string of the molecule is CC(C)OC(=O)c1c(NC(=O)c2ccn(C(F)F)n2)sc2c1CCCC2. The van der Waals surface area contributed by atoms with Gasteiger partial charge < -0.3 is 10.1 Å². The van der Waals surface area contributed by atoms with Crippen molar-refractivity contribution in [1.82, 2.24) is 9.78 Å². The van der Waals surface area contributed by atoms with Crippen LogP contribution in [0.5, 0.6) is 0 Å². The van der Waals surface area contributed by atoms with Crippen molar-refractivity contribution in [3.63, 3.8) is 0 Å². The fourth-order valence-electron chi connectivity index (χ4n) is 2.88. The number of hydrogen-bond acceptors (Lipinski definition) is 5. The Labute approximate surface area is 153 Å². The third-order valence-electron chi connectivity index (χ3n) is 3.99. The molecule has 0 spiro atoms. The lowest BCUT2D eigenvalue weighted by Gasteiger charge is -2.14. The molecule has 0 fully saturated rings. The van der Waals surface area contributed by atoms with Crippen molar-refractivity contribution >= 4 is 28.2 Å². The molecule has 3 rings (SSSR count). The van der Waals surface area contributed by atoms with E-state index in [1.807, 2.05) is 0 Å². The van der Waals surface area contributed by atoms with Gasteiger partial charge >= 0.3 is 12.5 Å². The number of thiophene rings is 1. The summed E-state index contributed by atoms with van der Waals surface area (Å²) in [6, 6.07) is 1.21. The number of alkyl halides is 2. The molecule has 1 amide bonds. The average Bonchev–Trinajstić information content (AvgIpc) is 3.18. The van der Waals surface area contributed by atoms with Gasteiger partial charge in [0.2, 0.25) is 0 Å². The van der Waals surface area contributed by atoms with Crippen LogP contribution in [0.15, 0.2) is 12.3 Å². The molecule has 2 aromatic heterocycles. The number of nitrogens with one attached hydrogen (secondary N) is 1. The molecule has 26 heavy (non-hydrogen) atoms. The molecule has 0 aromatic carbocycles. The van der Waals surface area contributed by atoms with Crippen LogP contribution in [0.2, 0.25) is 0 Å². The zero-order chi connectivity index (χ0) is 18.8. The first kappa shape index (κ1) is 18.5. The molecule has 2 aromatic rings. The first-order valence-electron chi connectivity index (χ1n) is 8.37. The lowest BCUT2D eigenvalue weighted by atomic mass is 9.95. The molecule has 6 nitrogen and oxygen atoms in total. The molecule has 1 N–H and O–H groups in total. The van der Waals surface area contributed by atoms with E-state index in [1.54, 1.807) is 13.8 Å². The number of ether oxygens (including phenoxy) is 1. The molecule has 0 saturated carbocycles. The minimum Gasteiger partial charge on any atom is -0.459 e. The predicted octanol–water partition coefficient (Wildman–Crippen LogP) is 4.04. The molecule has 1 aliphatic rings. The van der Waals surface area contributed by atoms with E-state index in [0.29, 0.717) is 15.2 Å². The highest BCUT2D eigenvalue weighted by Gasteiger charge is 2.28. The van der Waals surface area contributed by atoms with Crippen molar-refractivity contribution in [2.45, 2.75) is 52.2 Å². The summed E-state index contributed by atoms with van der Waals surface area (Å²) in [5.41, 5.74) is 1.15. The molecule has 0 atom stereocenters. The Kier molecular flexibility index (Phi) is 5.36. The van der Waals surface area contributed by atoms with Gasteiger partial charge in [-0.1, -0.05) is 0 Å². The third kappa shape index (κ3) is 3.77. The molecule has 0 saturated heterocycles. The molecule has 9 heteroatoms. The number of esters is 1. The Balaban J connectivity index is 1.89. The van der Waals surface area contributed by atoms with E-state index in [-0.39, 0.29) is 11.8 Å². The van der Waals surface area contributed by atoms with Crippen LogP contribution in [0.25, 0.3) is 0 Å². The summed E-state index contributed by atoms with van der Waals surface area (Å²) >= 11 is 1.34. The number of halogens is 2. The standard InChI is InChI=1S/C17H19F2N3O3S/c1-9(2)25-16(24)13-10-5-3-4-6-12(10)26-15(13)20-14(23)11-7-8-22(21-11)17(18)19/h7-9,17H,3-6H2,1-2H3,(H,20,23). The first-order valence-corrected chi connectivity index (χ1v) is 9.18. The number of aromatic nitrogens is 2. The lowest BCUT2D eigenvalue weighted by molar-refractivity contribution is 0.0378. The zero-order valence-electron chi connectivity index (χ0n) is 14.4. The Morgan fingerprint density at radius 2 is 2.04 bits per heavy atom. The maximum atomic E-state index is 12.6. The van der Waals surface area contributed by atoms with Crippen molar-refractivity contribution < 1.29 is 23.1 Å². The number of amides is 1. The first-order chi connectivity index (χ1) is 12.4. The molecule has 0 aliphatic heterocycles. The topological polar surface area (TPSA) is 73.2 Å². The van der Waals surface area contributed by atoms with Crippen LogP contribution in [-0.4, -0.2) is 27.8 Å². The van der Waals surface area contributed by atoms with Crippen molar-refractivity contribution in [3.8, 4) is 0 Å². The fraction of sp³-hybridized carbons (Fsp3) is 0.471. The van der Waals surface area contributed by atoms with E-state index in [0.717, 1.165) is 42.3 Å². The Morgan fingerprint density at radius 1 is 1.31 bits per heavy atom. The molecule has 0 unspecified atom stereocenters. The maximum absolute atomic E-state index is 12.6. The van der Waals surface area contributed by atoms with Gasteiger partial charge in [0.1, 0.15) is 5.00 Å². The Hall–Kier alpha value is -2.29. The Bertz CT molecular complexity index is 829. The van der Waals surface area contributed by atoms with Gasteiger partial charge in [-0.05, 0) is 51.2 Å². The van der Waals surface area contributed by atoms with Crippen LogP contribution in [0.4, 0.5) is 13.8 Å². The summed E-state index contributed by atoms with van der Waals surface area (Å²) in [6.07, 6.45) is 4.34. The van der Waals surface area contributed by atoms with Gasteiger partial charge in [0.25, 0.3) is 5.91 Å². The number of carbonyl (C=O) groups excluding carboxylic acids is 2. The zero-order valence-corrected chi connectivity index (χ0v) is 15.2. The fourth-order valence-corrected chi connectivity index (χ4v) is 4.15. The number of anilines is 1. The minimum atomic E-state index is -2.82. The van der Waals surface area contributed by atoms with Gasteiger partial charge in [-0.3, -0.25) is 4.79 Å². The van der Waals surface area contributed by atoms with E-state index >= 15 is 0 Å². The quantitative estimate of drug-likeness (QED) is 0.791. The lowest BCUT2D eigenvalue weighted by Crippen LogP contribution is -2.18. The van der Waals surface area contributed by atoms with Gasteiger partial charge in [-0.15, -0.1) is 11.3 Å². The van der Waals surface area contributed by atoms with E-state index in [1.165, 1.54) is 17.4 Å². The second kappa shape index (κ2) is 7.53. The highest BCUT2D eigenvalue weighted by molar-refractivity contribution is 7.17. The molecule has 1 aliphatic carbocycles. The minimum absolute atomic E-state index is 0.139. The maximum Gasteiger partial charge on any atom is 0.341 e. The summed E-state index contributed by atoms with van der Waals surface area (Å²) in [7, 11) is 0. The third-order valence-corrected chi connectivity index (χ3v) is 5.19. The van der Waals surface area contributed by atoms with Gasteiger partial charge in [-0.25, -0.2) is 9.48 Å². The van der Waals surface area contributed by atoms with Crippen LogP contribution in [0.3, 0.4) is 0 Å². The van der Waals surface area contributed by atoms with E-state index in [9.17, 15) is 18.4 Å². The number of nitrogens with zero attached hydrogens (tertiary/aromatic N) is 2. The van der Waals surface area contributed by atoms with Crippen LogP contribution in [0.1, 0.15) is 64.5 Å². The van der Waals surface area contributed by atoms with E-state index in [2.05, 4.69) is 10.4 Å². The summed E-state index contributed by atoms with van der Waals surface area (Å²) in [6.45, 7) is 0.694. The largest absolute Gasteiger partial charge is 0.459 e. The van der Waals surface area contributed by atoms with Crippen LogP contribution in [0, 0.1) is 0 Å². The van der Waals surface area contributed by atoms with Crippen molar-refractivity contribution in [3.05, 3.63) is 34.0 Å². The van der Waals surface area contributed by atoms with Gasteiger partial charge in [-0.2, -0.15) is 13.9 Å². The summed E-state index contributed by atoms with van der Waals surface area (Å²) in [5.74, 6) is -1.12. The summed E-state index contributed by atoms with van der Waals surface area (Å²) < 4.78 is 31.0. The van der Waals surface area contributed by atoms with Crippen LogP contribution in [-0.2, 0) is 17.6 Å². The Morgan fingerprint density at radius 3 is 2.69 bits per heavy atom. The summed E-state index contributed by atoms with van der Waals surface area (Å²) in [4.78, 5) is 26.0. The summed E-state index contributed by atoms with van der Waals surface area (Å²) in [5, 5.41) is 6.59.